The van der Waals surface area contributed by atoms with Gasteiger partial charge in [0.05, 0.1) is 18.4 Å². The fourth-order valence-corrected chi connectivity index (χ4v) is 2.55. The highest BCUT2D eigenvalue weighted by Crippen LogP contribution is 2.23. The topological polar surface area (TPSA) is 70.4 Å². The van der Waals surface area contributed by atoms with Crippen molar-refractivity contribution >= 4 is 5.97 Å². The van der Waals surface area contributed by atoms with Gasteiger partial charge in [-0.15, -0.1) is 0 Å². The second kappa shape index (κ2) is 8.14. The molecule has 0 bridgehead atoms. The van der Waals surface area contributed by atoms with E-state index in [4.69, 9.17) is 9.47 Å². The number of alkyl halides is 2. The number of halogens is 2. The van der Waals surface area contributed by atoms with Gasteiger partial charge in [-0.2, -0.15) is 5.10 Å². The number of ether oxygens (including phenoxy) is 2. The first-order valence-electron chi connectivity index (χ1n) is 7.64. The Balaban J connectivity index is 2.17. The Kier molecular flexibility index (Phi) is 6.20. The first kappa shape index (κ1) is 17.5. The first-order valence-corrected chi connectivity index (χ1v) is 7.64. The molecular formula is C15H20F2N2O4. The summed E-state index contributed by atoms with van der Waals surface area (Å²) in [5.41, 5.74) is -1.17. The summed E-state index contributed by atoms with van der Waals surface area (Å²) in [5, 5.41) is 4.00. The quantitative estimate of drug-likeness (QED) is 0.591. The van der Waals surface area contributed by atoms with Crippen molar-refractivity contribution in [1.82, 2.24) is 9.78 Å². The zero-order valence-corrected chi connectivity index (χ0v) is 13.0. The van der Waals surface area contributed by atoms with Crippen LogP contribution in [0.5, 0.6) is 0 Å². The summed E-state index contributed by atoms with van der Waals surface area (Å²) in [5.74, 6) is -0.429. The largest absolute Gasteiger partial charge is 0.466 e. The van der Waals surface area contributed by atoms with Crippen molar-refractivity contribution in [3.8, 4) is 0 Å². The van der Waals surface area contributed by atoms with Crippen LogP contribution in [0.3, 0.4) is 0 Å². The predicted octanol–water partition coefficient (Wildman–Crippen LogP) is 2.38. The fraction of sp³-hybridized carbons (Fsp3) is 0.667. The van der Waals surface area contributed by atoms with Crippen LogP contribution in [0.2, 0.25) is 0 Å². The maximum Gasteiger partial charge on any atom is 0.302 e. The van der Waals surface area contributed by atoms with E-state index in [0.717, 1.165) is 17.5 Å². The SMILES string of the molecule is CC(=O)OCCCc1cnn(C2CCCCO2)c(=O)c1C(F)F. The van der Waals surface area contributed by atoms with Gasteiger partial charge in [0.1, 0.15) is 0 Å². The summed E-state index contributed by atoms with van der Waals surface area (Å²) < 4.78 is 37.8. The molecule has 1 saturated heterocycles. The number of hydrogen-bond acceptors (Lipinski definition) is 5. The molecule has 2 heterocycles. The number of carbonyl (C=O) groups is 1. The highest BCUT2D eigenvalue weighted by Gasteiger charge is 2.24. The predicted molar refractivity (Wildman–Crippen MR) is 77.2 cm³/mol. The van der Waals surface area contributed by atoms with Crippen molar-refractivity contribution in [2.24, 2.45) is 0 Å². The van der Waals surface area contributed by atoms with Crippen LogP contribution in [0.25, 0.3) is 0 Å². The summed E-state index contributed by atoms with van der Waals surface area (Å²) >= 11 is 0. The van der Waals surface area contributed by atoms with Crippen molar-refractivity contribution in [3.63, 3.8) is 0 Å². The molecule has 0 aromatic carbocycles. The van der Waals surface area contributed by atoms with Gasteiger partial charge in [-0.1, -0.05) is 0 Å². The number of esters is 1. The molecule has 8 heteroatoms. The molecule has 1 unspecified atom stereocenters. The second-order valence-corrected chi connectivity index (χ2v) is 5.40. The minimum Gasteiger partial charge on any atom is -0.466 e. The Morgan fingerprint density at radius 2 is 2.30 bits per heavy atom. The molecule has 0 N–H and O–H groups in total. The Morgan fingerprint density at radius 3 is 2.91 bits per heavy atom. The van der Waals surface area contributed by atoms with E-state index in [0.29, 0.717) is 19.4 Å². The summed E-state index contributed by atoms with van der Waals surface area (Å²) in [6.45, 7) is 1.89. The molecule has 6 nitrogen and oxygen atoms in total. The molecule has 0 aliphatic carbocycles. The molecule has 1 aromatic heterocycles. The maximum absolute atomic E-state index is 13.3. The van der Waals surface area contributed by atoms with Crippen LogP contribution < -0.4 is 5.56 Å². The monoisotopic (exact) mass is 330 g/mol. The van der Waals surface area contributed by atoms with Crippen LogP contribution in [0.1, 0.15) is 56.4 Å². The third-order valence-corrected chi connectivity index (χ3v) is 3.66. The van der Waals surface area contributed by atoms with E-state index in [-0.39, 0.29) is 18.6 Å². The van der Waals surface area contributed by atoms with E-state index in [9.17, 15) is 18.4 Å². The third kappa shape index (κ3) is 4.57. The van der Waals surface area contributed by atoms with E-state index < -0.39 is 29.7 Å². The van der Waals surface area contributed by atoms with Crippen LogP contribution in [0, 0.1) is 0 Å². The molecule has 1 aliphatic heterocycles. The van der Waals surface area contributed by atoms with E-state index >= 15 is 0 Å². The molecule has 1 fully saturated rings. The van der Waals surface area contributed by atoms with E-state index in [1.807, 2.05) is 0 Å². The molecule has 128 valence electrons. The maximum atomic E-state index is 13.3. The van der Waals surface area contributed by atoms with Gasteiger partial charge >= 0.3 is 5.97 Å². The molecule has 0 radical (unpaired) electrons. The zero-order chi connectivity index (χ0) is 16.8. The average molecular weight is 330 g/mol. The Labute approximate surface area is 132 Å². The highest BCUT2D eigenvalue weighted by molar-refractivity contribution is 5.65. The number of hydrogen-bond donors (Lipinski definition) is 0. The molecule has 1 aliphatic rings. The van der Waals surface area contributed by atoms with Crippen molar-refractivity contribution in [2.75, 3.05) is 13.2 Å². The summed E-state index contributed by atoms with van der Waals surface area (Å²) in [6.07, 6.45) is 0.712. The molecule has 2 rings (SSSR count). The summed E-state index contributed by atoms with van der Waals surface area (Å²) in [6, 6.07) is 0. The minimum atomic E-state index is -2.89. The van der Waals surface area contributed by atoms with Gasteiger partial charge in [0.25, 0.3) is 12.0 Å². The summed E-state index contributed by atoms with van der Waals surface area (Å²) in [4.78, 5) is 23.0. The van der Waals surface area contributed by atoms with Crippen molar-refractivity contribution in [1.29, 1.82) is 0 Å². The Morgan fingerprint density at radius 1 is 1.52 bits per heavy atom. The number of rotatable bonds is 6. The van der Waals surface area contributed by atoms with Crippen LogP contribution in [-0.2, 0) is 20.7 Å². The smallest absolute Gasteiger partial charge is 0.302 e. The second-order valence-electron chi connectivity index (χ2n) is 5.40. The van der Waals surface area contributed by atoms with Crippen LogP contribution in [-0.4, -0.2) is 29.0 Å². The lowest BCUT2D eigenvalue weighted by Gasteiger charge is -2.24. The molecular weight excluding hydrogens is 310 g/mol. The van der Waals surface area contributed by atoms with Gasteiger partial charge in [0, 0.05) is 13.5 Å². The Bertz CT molecular complexity index is 598. The van der Waals surface area contributed by atoms with Crippen molar-refractivity contribution in [3.05, 3.63) is 27.7 Å². The van der Waals surface area contributed by atoms with Crippen LogP contribution in [0.4, 0.5) is 8.78 Å². The molecule has 0 saturated carbocycles. The Hall–Kier alpha value is -1.83. The van der Waals surface area contributed by atoms with Crippen molar-refractivity contribution in [2.45, 2.75) is 51.7 Å². The lowest BCUT2D eigenvalue weighted by molar-refractivity contribution is -0.141. The lowest BCUT2D eigenvalue weighted by atomic mass is 10.1. The van der Waals surface area contributed by atoms with Gasteiger partial charge in [-0.3, -0.25) is 9.59 Å². The number of aryl methyl sites for hydroxylation is 1. The number of carbonyl (C=O) groups excluding carboxylic acids is 1. The van der Waals surface area contributed by atoms with Gasteiger partial charge in [-0.25, -0.2) is 13.5 Å². The highest BCUT2D eigenvalue weighted by atomic mass is 19.3. The van der Waals surface area contributed by atoms with Crippen molar-refractivity contribution < 1.29 is 23.0 Å². The number of aromatic nitrogens is 2. The van der Waals surface area contributed by atoms with Crippen LogP contribution in [0.15, 0.2) is 11.0 Å². The first-order chi connectivity index (χ1) is 11.0. The van der Waals surface area contributed by atoms with Gasteiger partial charge < -0.3 is 9.47 Å². The lowest BCUT2D eigenvalue weighted by Crippen LogP contribution is -2.34. The van der Waals surface area contributed by atoms with E-state index in [2.05, 4.69) is 5.10 Å². The van der Waals surface area contributed by atoms with Crippen LogP contribution >= 0.6 is 0 Å². The van der Waals surface area contributed by atoms with E-state index in [1.165, 1.54) is 13.1 Å². The van der Waals surface area contributed by atoms with Gasteiger partial charge in [0.15, 0.2) is 6.23 Å². The molecule has 1 aromatic rings. The zero-order valence-electron chi connectivity index (χ0n) is 13.0. The molecule has 0 amide bonds. The van der Waals surface area contributed by atoms with E-state index in [1.54, 1.807) is 0 Å². The molecule has 23 heavy (non-hydrogen) atoms. The van der Waals surface area contributed by atoms with Gasteiger partial charge in [-0.05, 0) is 37.7 Å². The fourth-order valence-electron chi connectivity index (χ4n) is 2.55. The average Bonchev–Trinajstić information content (AvgIpc) is 2.52. The normalized spacial score (nSPS) is 18.2. The molecule has 1 atom stereocenters. The molecule has 0 spiro atoms. The third-order valence-electron chi connectivity index (χ3n) is 3.66. The summed E-state index contributed by atoms with van der Waals surface area (Å²) in [7, 11) is 0. The van der Waals surface area contributed by atoms with Gasteiger partial charge in [0.2, 0.25) is 0 Å². The number of nitrogens with zero attached hydrogens (tertiary/aromatic N) is 2. The standard InChI is InChI=1S/C15H20F2N2O4/c1-10(20)22-8-4-5-11-9-18-19(12-6-2-3-7-23-12)15(21)13(11)14(16)17/h9,12,14H,2-8H2,1H3. The minimum absolute atomic E-state index is 0.118.